The molecule has 0 saturated carbocycles. The average molecular weight is 435 g/mol. The van der Waals surface area contributed by atoms with Gasteiger partial charge in [-0.15, -0.1) is 0 Å². The Labute approximate surface area is 184 Å². The van der Waals surface area contributed by atoms with Gasteiger partial charge < -0.3 is 15.7 Å². The molecule has 0 bridgehead atoms. The monoisotopic (exact) mass is 434 g/mol. The molecule has 0 unspecified atom stereocenters. The molecule has 0 fully saturated rings. The summed E-state index contributed by atoms with van der Waals surface area (Å²) in [7, 11) is 0. The molecule has 3 aromatic rings. The van der Waals surface area contributed by atoms with Gasteiger partial charge in [0, 0.05) is 17.3 Å². The van der Waals surface area contributed by atoms with Gasteiger partial charge >= 0.3 is 0 Å². The average Bonchev–Trinajstić information content (AvgIpc) is 2.76. The fourth-order valence-electron chi connectivity index (χ4n) is 2.75. The summed E-state index contributed by atoms with van der Waals surface area (Å²) < 4.78 is 0. The molecular weight excluding hydrogens is 416 g/mol. The first-order valence-corrected chi connectivity index (χ1v) is 9.66. The number of nitriles is 1. The minimum atomic E-state index is -0.731. The quantitative estimate of drug-likeness (QED) is 0.536. The van der Waals surface area contributed by atoms with Crippen molar-refractivity contribution in [2.24, 2.45) is 0 Å². The zero-order valence-electron chi connectivity index (χ0n) is 16.8. The van der Waals surface area contributed by atoms with E-state index in [2.05, 4.69) is 21.7 Å². The van der Waals surface area contributed by atoms with Crippen LogP contribution in [0.25, 0.3) is 0 Å². The molecule has 1 heterocycles. The molecule has 8 heteroatoms. The molecule has 0 radical (unpaired) electrons. The number of benzene rings is 2. The van der Waals surface area contributed by atoms with Crippen LogP contribution in [-0.4, -0.2) is 21.9 Å². The van der Waals surface area contributed by atoms with E-state index in [0.29, 0.717) is 16.9 Å². The van der Waals surface area contributed by atoms with Crippen LogP contribution < -0.4 is 10.6 Å². The van der Waals surface area contributed by atoms with Crippen molar-refractivity contribution >= 4 is 34.8 Å². The normalized spacial score (nSPS) is 10.8. The van der Waals surface area contributed by atoms with Crippen molar-refractivity contribution in [3.8, 4) is 11.9 Å². The summed E-state index contributed by atoms with van der Waals surface area (Å²) in [6.07, 6.45) is 1.31. The fraction of sp³-hybridized carbons (Fsp3) is 0.130. The number of aromatic nitrogens is 1. The van der Waals surface area contributed by atoms with E-state index in [4.69, 9.17) is 11.6 Å². The Morgan fingerprint density at radius 3 is 2.42 bits per heavy atom. The molecule has 31 heavy (non-hydrogen) atoms. The zero-order chi connectivity index (χ0) is 22.6. The van der Waals surface area contributed by atoms with E-state index in [9.17, 15) is 20.0 Å². The van der Waals surface area contributed by atoms with E-state index in [1.165, 1.54) is 30.5 Å². The maximum absolute atomic E-state index is 12.7. The number of amides is 2. The molecule has 0 aliphatic carbocycles. The fourth-order valence-corrected chi connectivity index (χ4v) is 2.96. The van der Waals surface area contributed by atoms with Crippen molar-refractivity contribution < 1.29 is 14.7 Å². The molecule has 7 nitrogen and oxygen atoms in total. The van der Waals surface area contributed by atoms with Gasteiger partial charge in [0.05, 0.1) is 34.0 Å². The van der Waals surface area contributed by atoms with E-state index in [1.807, 2.05) is 0 Å². The molecular formula is C23H19ClN4O3. The summed E-state index contributed by atoms with van der Waals surface area (Å²) in [5.74, 6) is -1.04. The van der Waals surface area contributed by atoms with Crippen molar-refractivity contribution in [3.05, 3.63) is 82.5 Å². The Kier molecular flexibility index (Phi) is 6.23. The highest BCUT2D eigenvalue weighted by molar-refractivity contribution is 6.34. The minimum absolute atomic E-state index is 0.159. The lowest BCUT2D eigenvalue weighted by atomic mass is 9.85. The lowest BCUT2D eigenvalue weighted by Gasteiger charge is -2.16. The van der Waals surface area contributed by atoms with Gasteiger partial charge in [-0.1, -0.05) is 23.7 Å². The number of aromatic hydroxyl groups is 1. The molecule has 0 spiro atoms. The van der Waals surface area contributed by atoms with Gasteiger partial charge in [0.2, 0.25) is 5.88 Å². The second-order valence-electron chi connectivity index (χ2n) is 7.33. The largest absolute Gasteiger partial charge is 0.493 e. The van der Waals surface area contributed by atoms with Crippen LogP contribution in [0.2, 0.25) is 5.02 Å². The van der Waals surface area contributed by atoms with E-state index in [1.54, 1.807) is 44.2 Å². The first kappa shape index (κ1) is 21.8. The first-order valence-electron chi connectivity index (χ1n) is 9.29. The number of hydrogen-bond acceptors (Lipinski definition) is 5. The van der Waals surface area contributed by atoms with E-state index in [0.717, 1.165) is 5.56 Å². The molecule has 0 saturated heterocycles. The van der Waals surface area contributed by atoms with Crippen LogP contribution in [0.1, 0.15) is 40.1 Å². The third kappa shape index (κ3) is 5.18. The van der Waals surface area contributed by atoms with Crippen molar-refractivity contribution in [2.75, 3.05) is 10.6 Å². The summed E-state index contributed by atoms with van der Waals surface area (Å²) in [6, 6.07) is 16.4. The number of nitrogens with zero attached hydrogens (tertiary/aromatic N) is 2. The Balaban J connectivity index is 1.79. The number of halogens is 1. The Hall–Kier alpha value is -3.89. The summed E-state index contributed by atoms with van der Waals surface area (Å²) in [6.45, 7) is 3.55. The highest BCUT2D eigenvalue weighted by atomic mass is 35.5. The van der Waals surface area contributed by atoms with Gasteiger partial charge in [-0.25, -0.2) is 4.98 Å². The third-order valence-electron chi connectivity index (χ3n) is 4.60. The molecule has 3 N–H and O–H groups in total. The molecule has 156 valence electrons. The van der Waals surface area contributed by atoms with E-state index < -0.39 is 11.3 Å². The summed E-state index contributed by atoms with van der Waals surface area (Å²) >= 11 is 6.16. The molecule has 3 rings (SSSR count). The number of anilines is 2. The van der Waals surface area contributed by atoms with Gasteiger partial charge in [-0.3, -0.25) is 9.59 Å². The Bertz CT molecular complexity index is 1180. The van der Waals surface area contributed by atoms with Crippen LogP contribution in [0.3, 0.4) is 0 Å². The maximum Gasteiger partial charge on any atom is 0.257 e. The highest BCUT2D eigenvalue weighted by Crippen LogP contribution is 2.25. The highest BCUT2D eigenvalue weighted by Gasteiger charge is 2.21. The smallest absolute Gasteiger partial charge is 0.257 e. The number of rotatable bonds is 5. The van der Waals surface area contributed by atoms with Gasteiger partial charge in [0.15, 0.2) is 0 Å². The van der Waals surface area contributed by atoms with E-state index >= 15 is 0 Å². The molecule has 0 atom stereocenters. The number of carbonyl (C=O) groups excluding carboxylic acids is 2. The Morgan fingerprint density at radius 1 is 1.03 bits per heavy atom. The van der Waals surface area contributed by atoms with Crippen LogP contribution in [0, 0.1) is 11.3 Å². The van der Waals surface area contributed by atoms with Crippen LogP contribution in [-0.2, 0) is 5.41 Å². The molecule has 2 amide bonds. The predicted octanol–water partition coefficient (Wildman–Crippen LogP) is 4.75. The molecule has 0 aliphatic rings. The van der Waals surface area contributed by atoms with Gasteiger partial charge in [-0.05, 0) is 55.8 Å². The summed E-state index contributed by atoms with van der Waals surface area (Å²) in [5.41, 5.74) is 1.30. The number of pyridine rings is 1. The second kappa shape index (κ2) is 8.86. The van der Waals surface area contributed by atoms with Crippen molar-refractivity contribution in [3.63, 3.8) is 0 Å². The van der Waals surface area contributed by atoms with Crippen LogP contribution in [0.4, 0.5) is 11.4 Å². The van der Waals surface area contributed by atoms with Gasteiger partial charge in [0.1, 0.15) is 0 Å². The zero-order valence-corrected chi connectivity index (χ0v) is 17.6. The molecule has 2 aromatic carbocycles. The lowest BCUT2D eigenvalue weighted by Crippen LogP contribution is -2.17. The summed E-state index contributed by atoms with van der Waals surface area (Å²) in [5, 5.41) is 24.1. The van der Waals surface area contributed by atoms with Gasteiger partial charge in [-0.2, -0.15) is 5.26 Å². The van der Waals surface area contributed by atoms with Crippen LogP contribution in [0.15, 0.2) is 60.8 Å². The van der Waals surface area contributed by atoms with Crippen molar-refractivity contribution in [2.45, 2.75) is 19.3 Å². The number of carbonyl (C=O) groups is 2. The lowest BCUT2D eigenvalue weighted by molar-refractivity contribution is 0.101. The minimum Gasteiger partial charge on any atom is -0.493 e. The predicted molar refractivity (Wildman–Crippen MR) is 118 cm³/mol. The SMILES string of the molecule is CC(C)(C#N)c1cccc(C(=O)Nc2ccc(Cl)c(C(=O)Nc3ccc(O)nc3)c2)c1. The Morgan fingerprint density at radius 2 is 1.74 bits per heavy atom. The topological polar surface area (TPSA) is 115 Å². The standard InChI is InChI=1S/C23H19ClN4O3/c1-23(2,13-25)15-5-3-4-14(10-15)21(30)27-16-6-8-19(24)18(11-16)22(31)28-17-7-9-20(29)26-12-17/h3-12H,1-2H3,(H,26,29)(H,27,30)(H,28,31). The molecule has 0 aliphatic heterocycles. The van der Waals surface area contributed by atoms with Crippen LogP contribution >= 0.6 is 11.6 Å². The molecule has 1 aromatic heterocycles. The third-order valence-corrected chi connectivity index (χ3v) is 4.93. The maximum atomic E-state index is 12.7. The summed E-state index contributed by atoms with van der Waals surface area (Å²) in [4.78, 5) is 29.0. The number of nitrogens with one attached hydrogen (secondary N) is 2. The van der Waals surface area contributed by atoms with Crippen molar-refractivity contribution in [1.82, 2.24) is 4.98 Å². The first-order chi connectivity index (χ1) is 14.7. The number of hydrogen-bond donors (Lipinski definition) is 3. The second-order valence-corrected chi connectivity index (χ2v) is 7.73. The van der Waals surface area contributed by atoms with Crippen LogP contribution in [0.5, 0.6) is 5.88 Å². The van der Waals surface area contributed by atoms with E-state index in [-0.39, 0.29) is 22.4 Å². The van der Waals surface area contributed by atoms with Crippen molar-refractivity contribution in [1.29, 1.82) is 5.26 Å². The van der Waals surface area contributed by atoms with Gasteiger partial charge in [0.25, 0.3) is 11.8 Å².